The molecule has 1 rings (SSSR count). The van der Waals surface area contributed by atoms with Gasteiger partial charge in [0.15, 0.2) is 0 Å². The van der Waals surface area contributed by atoms with Gasteiger partial charge in [0.1, 0.15) is 6.61 Å². The summed E-state index contributed by atoms with van der Waals surface area (Å²) in [4.78, 5) is 12.3. The van der Waals surface area contributed by atoms with E-state index < -0.39 is 0 Å². The van der Waals surface area contributed by atoms with Crippen LogP contribution in [0.3, 0.4) is 0 Å². The van der Waals surface area contributed by atoms with E-state index in [0.29, 0.717) is 17.1 Å². The molecule has 0 aliphatic carbocycles. The molecule has 0 spiro atoms. The Balaban J connectivity index is 0.00000289. The predicted molar refractivity (Wildman–Crippen MR) is 68.4 cm³/mol. The minimum atomic E-state index is -0.350. The molecule has 0 aliphatic heterocycles. The molecular weight excluding hydrogens is 382 g/mol. The van der Waals surface area contributed by atoms with Gasteiger partial charge in [-0.3, -0.25) is 5.04 Å². The third kappa shape index (κ3) is 6.20. The molecule has 0 fully saturated rings. The number of ether oxygens (including phenoxy) is 1. The standard InChI is InChI=1S/C10H11IO5S.Na/c1-7-6-8(17-16-15-13)2-3-9(7)10(12)14-5-4-11;/h2-3,6,13H,4-5H2,1H3;/q;+1/p-1. The van der Waals surface area contributed by atoms with Crippen LogP contribution in [0.5, 0.6) is 0 Å². The quantitative estimate of drug-likeness (QED) is 0.116. The van der Waals surface area contributed by atoms with Gasteiger partial charge in [0.25, 0.3) is 0 Å². The maximum atomic E-state index is 11.6. The van der Waals surface area contributed by atoms with Gasteiger partial charge < -0.3 is 9.99 Å². The van der Waals surface area contributed by atoms with Crippen LogP contribution in [0.25, 0.3) is 0 Å². The molecule has 0 amide bonds. The van der Waals surface area contributed by atoms with Gasteiger partial charge >= 0.3 is 35.5 Å². The molecule has 5 nitrogen and oxygen atoms in total. The topological polar surface area (TPSA) is 67.8 Å². The van der Waals surface area contributed by atoms with Crippen molar-refractivity contribution >= 4 is 40.6 Å². The molecule has 0 heterocycles. The molecule has 18 heavy (non-hydrogen) atoms. The van der Waals surface area contributed by atoms with E-state index in [1.54, 1.807) is 25.1 Å². The Morgan fingerprint density at radius 3 is 2.78 bits per heavy atom. The summed E-state index contributed by atoms with van der Waals surface area (Å²) in [6, 6.07) is 4.99. The van der Waals surface area contributed by atoms with Crippen LogP contribution in [-0.2, 0) is 14.1 Å². The van der Waals surface area contributed by atoms with Crippen molar-refractivity contribution in [2.24, 2.45) is 0 Å². The zero-order chi connectivity index (χ0) is 12.7. The largest absolute Gasteiger partial charge is 1.00 e. The number of rotatable bonds is 6. The number of halogens is 1. The fraction of sp³-hybridized carbons (Fsp3) is 0.300. The van der Waals surface area contributed by atoms with E-state index in [-0.39, 0.29) is 35.5 Å². The van der Waals surface area contributed by atoms with Gasteiger partial charge in [-0.1, -0.05) is 22.6 Å². The zero-order valence-electron chi connectivity index (χ0n) is 9.97. The van der Waals surface area contributed by atoms with Gasteiger partial charge in [0.2, 0.25) is 0 Å². The molecule has 0 aromatic heterocycles. The number of aryl methyl sites for hydroxylation is 1. The SMILES string of the molecule is Cc1cc(SOO[O-])ccc1C(=O)OCCI.[Na+]. The van der Waals surface area contributed by atoms with Crippen LogP contribution in [0, 0.1) is 6.92 Å². The first kappa shape index (κ1) is 18.7. The first-order valence-electron chi connectivity index (χ1n) is 4.66. The number of benzene rings is 1. The fourth-order valence-corrected chi connectivity index (χ4v) is 1.85. The third-order valence-electron chi connectivity index (χ3n) is 1.89. The van der Waals surface area contributed by atoms with Crippen LogP contribution in [0.1, 0.15) is 15.9 Å². The maximum Gasteiger partial charge on any atom is 1.00 e. The molecule has 94 valence electrons. The summed E-state index contributed by atoms with van der Waals surface area (Å²) in [5.74, 6) is -0.350. The average molecular weight is 392 g/mol. The number of hydrogen-bond acceptors (Lipinski definition) is 6. The van der Waals surface area contributed by atoms with E-state index >= 15 is 0 Å². The van der Waals surface area contributed by atoms with E-state index in [4.69, 9.17) is 4.74 Å². The summed E-state index contributed by atoms with van der Waals surface area (Å²) in [6.45, 7) is 2.17. The minimum Gasteiger partial charge on any atom is -0.691 e. The van der Waals surface area contributed by atoms with Gasteiger partial charge in [-0.25, -0.2) is 4.79 Å². The molecule has 0 aliphatic rings. The van der Waals surface area contributed by atoms with Crippen LogP contribution < -0.4 is 34.8 Å². The van der Waals surface area contributed by atoms with Crippen molar-refractivity contribution in [1.29, 1.82) is 0 Å². The van der Waals surface area contributed by atoms with Gasteiger partial charge in [-0.05, 0) is 30.7 Å². The smallest absolute Gasteiger partial charge is 0.691 e. The molecule has 1 aromatic carbocycles. The van der Waals surface area contributed by atoms with E-state index in [1.165, 1.54) is 0 Å². The molecule has 0 saturated carbocycles. The van der Waals surface area contributed by atoms with Crippen LogP contribution in [-0.4, -0.2) is 17.0 Å². The Hall–Kier alpha value is 0.650. The van der Waals surface area contributed by atoms with E-state index in [2.05, 4.69) is 32.0 Å². The van der Waals surface area contributed by atoms with Crippen molar-refractivity contribution in [2.45, 2.75) is 11.8 Å². The fourth-order valence-electron chi connectivity index (χ4n) is 1.18. The van der Waals surface area contributed by atoms with Crippen molar-refractivity contribution in [3.05, 3.63) is 29.3 Å². The number of carbonyl (C=O) groups excluding carboxylic acids is 1. The Labute approximate surface area is 145 Å². The molecule has 0 radical (unpaired) electrons. The summed E-state index contributed by atoms with van der Waals surface area (Å²) < 4.78 is 9.96. The first-order valence-corrected chi connectivity index (χ1v) is 6.92. The second-order valence-electron chi connectivity index (χ2n) is 3.02. The number of esters is 1. The molecule has 0 unspecified atom stereocenters. The molecule has 8 heteroatoms. The van der Waals surface area contributed by atoms with E-state index in [0.717, 1.165) is 22.0 Å². The van der Waals surface area contributed by atoms with Crippen molar-refractivity contribution in [1.82, 2.24) is 0 Å². The summed E-state index contributed by atoms with van der Waals surface area (Å²) in [6.07, 6.45) is 0. The molecule has 1 aromatic rings. The maximum absolute atomic E-state index is 11.6. The molecule has 0 bridgehead atoms. The first-order chi connectivity index (χ1) is 8.19. The number of alkyl halides is 1. The average Bonchev–Trinajstić information content (AvgIpc) is 2.33. The van der Waals surface area contributed by atoms with Gasteiger partial charge in [-0.2, -0.15) is 4.33 Å². The monoisotopic (exact) mass is 392 g/mol. The van der Waals surface area contributed by atoms with Gasteiger partial charge in [0.05, 0.1) is 17.6 Å². The molecule has 0 atom stereocenters. The zero-order valence-corrected chi connectivity index (χ0v) is 14.9. The second kappa shape index (κ2) is 10.4. The summed E-state index contributed by atoms with van der Waals surface area (Å²) in [5, 5.41) is 12.9. The molecule has 0 saturated heterocycles. The normalized spacial score (nSPS) is 9.72. The Morgan fingerprint density at radius 2 is 2.22 bits per heavy atom. The van der Waals surface area contributed by atoms with Crippen molar-refractivity contribution in [3.63, 3.8) is 0 Å². The van der Waals surface area contributed by atoms with Crippen LogP contribution in [0.15, 0.2) is 23.1 Å². The Morgan fingerprint density at radius 1 is 1.50 bits per heavy atom. The number of carbonyl (C=O) groups is 1. The van der Waals surface area contributed by atoms with Crippen molar-refractivity contribution in [2.75, 3.05) is 11.0 Å². The summed E-state index contributed by atoms with van der Waals surface area (Å²) >= 11 is 2.91. The minimum absolute atomic E-state index is 0. The predicted octanol–water partition coefficient (Wildman–Crippen LogP) is -1.18. The molecule has 0 N–H and O–H groups in total. The Bertz CT molecular complexity index is 391. The summed E-state index contributed by atoms with van der Waals surface area (Å²) in [5.41, 5.74) is 1.25. The van der Waals surface area contributed by atoms with Crippen molar-refractivity contribution < 1.29 is 53.7 Å². The van der Waals surface area contributed by atoms with Crippen LogP contribution in [0.2, 0.25) is 0 Å². The van der Waals surface area contributed by atoms with Crippen molar-refractivity contribution in [3.8, 4) is 0 Å². The van der Waals surface area contributed by atoms with E-state index in [9.17, 15) is 10.1 Å². The Kier molecular flexibility index (Phi) is 10.8. The van der Waals surface area contributed by atoms with Crippen LogP contribution in [0.4, 0.5) is 0 Å². The van der Waals surface area contributed by atoms with Gasteiger partial charge in [0, 0.05) is 9.32 Å². The van der Waals surface area contributed by atoms with E-state index in [1.807, 2.05) is 0 Å². The number of hydrogen-bond donors (Lipinski definition) is 0. The second-order valence-corrected chi connectivity index (χ2v) is 4.87. The third-order valence-corrected chi connectivity index (χ3v) is 2.90. The molecular formula is C10H10INaO5S. The van der Waals surface area contributed by atoms with Gasteiger partial charge in [-0.15, -0.1) is 0 Å². The summed E-state index contributed by atoms with van der Waals surface area (Å²) in [7, 11) is 0. The van der Waals surface area contributed by atoms with Crippen LogP contribution >= 0.6 is 34.6 Å².